The molecule has 2 aromatic rings. The van der Waals surface area contributed by atoms with Crippen LogP contribution >= 0.6 is 11.3 Å². The number of carbonyl (C=O) groups excluding carboxylic acids is 1. The van der Waals surface area contributed by atoms with Gasteiger partial charge in [0.1, 0.15) is 15.6 Å². The van der Waals surface area contributed by atoms with Gasteiger partial charge in [-0.05, 0) is 29.7 Å². The van der Waals surface area contributed by atoms with E-state index in [1.165, 1.54) is 16.9 Å². The SMILES string of the molecule is CCC(C)C(O)CNC(=O)c1cnc(-c2ccc3c(c2)CCO3)s1. The quantitative estimate of drug-likeness (QED) is 0.844. The van der Waals surface area contributed by atoms with E-state index in [-0.39, 0.29) is 18.4 Å². The fraction of sp³-hybridized carbons (Fsp3) is 0.444. The van der Waals surface area contributed by atoms with E-state index in [1.807, 2.05) is 26.0 Å². The van der Waals surface area contributed by atoms with Gasteiger partial charge in [-0.15, -0.1) is 11.3 Å². The van der Waals surface area contributed by atoms with Crippen LogP contribution in [0.1, 0.15) is 35.5 Å². The highest BCUT2D eigenvalue weighted by atomic mass is 32.1. The molecular weight excluding hydrogens is 324 g/mol. The molecule has 2 atom stereocenters. The first-order chi connectivity index (χ1) is 11.6. The van der Waals surface area contributed by atoms with Gasteiger partial charge in [-0.2, -0.15) is 0 Å². The van der Waals surface area contributed by atoms with Crippen molar-refractivity contribution < 1.29 is 14.6 Å². The predicted octanol–water partition coefficient (Wildman–Crippen LogP) is 2.88. The van der Waals surface area contributed by atoms with Gasteiger partial charge in [-0.25, -0.2) is 4.98 Å². The fourth-order valence-corrected chi connectivity index (χ4v) is 3.42. The lowest BCUT2D eigenvalue weighted by Crippen LogP contribution is -2.35. The van der Waals surface area contributed by atoms with E-state index in [0.29, 0.717) is 4.88 Å². The molecule has 1 aliphatic heterocycles. The third-order valence-corrected chi connectivity index (χ3v) is 5.48. The van der Waals surface area contributed by atoms with Crippen LogP contribution in [0.5, 0.6) is 5.75 Å². The average Bonchev–Trinajstić information content (AvgIpc) is 3.26. The number of carbonyl (C=O) groups is 1. The molecular formula is C18H22N2O3S. The van der Waals surface area contributed by atoms with Crippen LogP contribution in [0.3, 0.4) is 0 Å². The highest BCUT2D eigenvalue weighted by Crippen LogP contribution is 2.32. The number of hydrogen-bond donors (Lipinski definition) is 2. The number of fused-ring (bicyclic) bond motifs is 1. The molecule has 2 N–H and O–H groups in total. The zero-order valence-electron chi connectivity index (χ0n) is 13.9. The minimum absolute atomic E-state index is 0.163. The molecule has 0 bridgehead atoms. The summed E-state index contributed by atoms with van der Waals surface area (Å²) in [4.78, 5) is 17.1. The summed E-state index contributed by atoms with van der Waals surface area (Å²) in [5.41, 5.74) is 2.19. The van der Waals surface area contributed by atoms with E-state index in [0.717, 1.165) is 35.8 Å². The lowest BCUT2D eigenvalue weighted by molar-refractivity contribution is 0.0853. The summed E-state index contributed by atoms with van der Waals surface area (Å²) in [6.07, 6.45) is 2.86. The molecule has 0 radical (unpaired) electrons. The van der Waals surface area contributed by atoms with Crippen molar-refractivity contribution in [2.24, 2.45) is 5.92 Å². The molecule has 0 saturated heterocycles. The smallest absolute Gasteiger partial charge is 0.263 e. The maximum absolute atomic E-state index is 12.2. The van der Waals surface area contributed by atoms with Gasteiger partial charge in [0, 0.05) is 18.5 Å². The molecule has 128 valence electrons. The molecule has 2 unspecified atom stereocenters. The van der Waals surface area contributed by atoms with Gasteiger partial charge in [0.15, 0.2) is 0 Å². The largest absolute Gasteiger partial charge is 0.493 e. The highest BCUT2D eigenvalue weighted by molar-refractivity contribution is 7.16. The molecule has 1 aromatic heterocycles. The monoisotopic (exact) mass is 346 g/mol. The summed E-state index contributed by atoms with van der Waals surface area (Å²) in [6.45, 7) is 4.98. The van der Waals surface area contributed by atoms with Crippen molar-refractivity contribution in [2.45, 2.75) is 32.8 Å². The van der Waals surface area contributed by atoms with Crippen molar-refractivity contribution >= 4 is 17.2 Å². The summed E-state index contributed by atoms with van der Waals surface area (Å²) in [5.74, 6) is 0.911. The van der Waals surface area contributed by atoms with Crippen LogP contribution in [-0.4, -0.2) is 35.3 Å². The number of aliphatic hydroxyl groups is 1. The Balaban J connectivity index is 1.66. The molecule has 1 aromatic carbocycles. The molecule has 2 heterocycles. The lowest BCUT2D eigenvalue weighted by atomic mass is 10.0. The Hall–Kier alpha value is -1.92. The second-order valence-electron chi connectivity index (χ2n) is 6.11. The molecule has 1 amide bonds. The van der Waals surface area contributed by atoms with Crippen LogP contribution in [0.2, 0.25) is 0 Å². The Labute approximate surface area is 145 Å². The second kappa shape index (κ2) is 7.32. The number of thiazole rings is 1. The van der Waals surface area contributed by atoms with Crippen LogP contribution in [-0.2, 0) is 6.42 Å². The Kier molecular flexibility index (Phi) is 5.16. The molecule has 0 aliphatic carbocycles. The van der Waals surface area contributed by atoms with E-state index in [1.54, 1.807) is 6.20 Å². The number of nitrogens with zero attached hydrogens (tertiary/aromatic N) is 1. The van der Waals surface area contributed by atoms with Crippen LogP contribution < -0.4 is 10.1 Å². The molecule has 6 heteroatoms. The summed E-state index contributed by atoms with van der Waals surface area (Å²) in [7, 11) is 0. The summed E-state index contributed by atoms with van der Waals surface area (Å²) >= 11 is 1.36. The van der Waals surface area contributed by atoms with Crippen molar-refractivity contribution in [2.75, 3.05) is 13.2 Å². The van der Waals surface area contributed by atoms with Gasteiger partial charge in [0.25, 0.3) is 5.91 Å². The maximum Gasteiger partial charge on any atom is 0.263 e. The van der Waals surface area contributed by atoms with Gasteiger partial charge in [-0.1, -0.05) is 20.3 Å². The minimum Gasteiger partial charge on any atom is -0.493 e. The number of hydrogen-bond acceptors (Lipinski definition) is 5. The van der Waals surface area contributed by atoms with Gasteiger partial charge >= 0.3 is 0 Å². The van der Waals surface area contributed by atoms with E-state index in [2.05, 4.69) is 16.4 Å². The number of ether oxygens (including phenoxy) is 1. The second-order valence-corrected chi connectivity index (χ2v) is 7.14. The van der Waals surface area contributed by atoms with Crippen molar-refractivity contribution in [1.29, 1.82) is 0 Å². The fourth-order valence-electron chi connectivity index (χ4n) is 2.59. The number of aromatic nitrogens is 1. The van der Waals surface area contributed by atoms with Gasteiger partial charge in [0.2, 0.25) is 0 Å². The molecule has 3 rings (SSSR count). The van der Waals surface area contributed by atoms with Crippen molar-refractivity contribution in [1.82, 2.24) is 10.3 Å². The average molecular weight is 346 g/mol. The van der Waals surface area contributed by atoms with Crippen molar-refractivity contribution in [3.8, 4) is 16.3 Å². The Morgan fingerprint density at radius 2 is 2.33 bits per heavy atom. The van der Waals surface area contributed by atoms with Crippen molar-refractivity contribution in [3.63, 3.8) is 0 Å². The van der Waals surface area contributed by atoms with Crippen LogP contribution in [0.4, 0.5) is 0 Å². The zero-order chi connectivity index (χ0) is 17.1. The van der Waals surface area contributed by atoms with E-state index in [4.69, 9.17) is 4.74 Å². The normalized spacial score (nSPS) is 15.5. The predicted molar refractivity (Wildman–Crippen MR) is 94.5 cm³/mol. The molecule has 1 aliphatic rings. The summed E-state index contributed by atoms with van der Waals surface area (Å²) < 4.78 is 5.51. The third kappa shape index (κ3) is 3.60. The van der Waals surface area contributed by atoms with Crippen LogP contribution in [0, 0.1) is 5.92 Å². The topological polar surface area (TPSA) is 71.5 Å². The first-order valence-corrected chi connectivity index (χ1v) is 9.08. The Bertz CT molecular complexity index is 729. The highest BCUT2D eigenvalue weighted by Gasteiger charge is 2.17. The van der Waals surface area contributed by atoms with Crippen LogP contribution in [0.15, 0.2) is 24.4 Å². The molecule has 0 saturated carbocycles. The number of rotatable bonds is 6. The number of nitrogens with one attached hydrogen (secondary N) is 1. The van der Waals surface area contributed by atoms with Crippen molar-refractivity contribution in [3.05, 3.63) is 34.8 Å². The Morgan fingerprint density at radius 1 is 1.50 bits per heavy atom. The van der Waals surface area contributed by atoms with E-state index in [9.17, 15) is 9.90 Å². The number of amides is 1. The maximum atomic E-state index is 12.2. The van der Waals surface area contributed by atoms with E-state index >= 15 is 0 Å². The molecule has 0 fully saturated rings. The minimum atomic E-state index is -0.525. The summed E-state index contributed by atoms with van der Waals surface area (Å²) in [6, 6.07) is 6.01. The van der Waals surface area contributed by atoms with Gasteiger partial charge < -0.3 is 15.2 Å². The standard InChI is InChI=1S/C18H22N2O3S/c1-3-11(2)14(21)9-19-17(22)16-10-20-18(24-16)13-4-5-15-12(8-13)6-7-23-15/h4-5,8,10-11,14,21H,3,6-7,9H2,1-2H3,(H,19,22). The number of aliphatic hydroxyl groups excluding tert-OH is 1. The lowest BCUT2D eigenvalue weighted by Gasteiger charge is -2.17. The van der Waals surface area contributed by atoms with Crippen LogP contribution in [0.25, 0.3) is 10.6 Å². The first-order valence-electron chi connectivity index (χ1n) is 8.26. The zero-order valence-corrected chi connectivity index (χ0v) is 14.7. The van der Waals surface area contributed by atoms with E-state index < -0.39 is 6.10 Å². The first kappa shape index (κ1) is 16.9. The number of benzene rings is 1. The molecule has 24 heavy (non-hydrogen) atoms. The summed E-state index contributed by atoms with van der Waals surface area (Å²) in [5, 5.41) is 13.5. The molecule has 5 nitrogen and oxygen atoms in total. The molecule has 0 spiro atoms. The third-order valence-electron chi connectivity index (χ3n) is 4.44. The van der Waals surface area contributed by atoms with Gasteiger partial charge in [0.05, 0.1) is 18.9 Å². The Morgan fingerprint density at radius 3 is 3.12 bits per heavy atom. The van der Waals surface area contributed by atoms with Gasteiger partial charge in [-0.3, -0.25) is 4.79 Å².